The third-order valence-corrected chi connectivity index (χ3v) is 4.15. The summed E-state index contributed by atoms with van der Waals surface area (Å²) < 4.78 is 0. The minimum Gasteiger partial charge on any atom is -0.306 e. The smallest absolute Gasteiger partial charge is 0.0110 e. The van der Waals surface area contributed by atoms with Crippen molar-refractivity contribution >= 4 is 0 Å². The van der Waals surface area contributed by atoms with Crippen molar-refractivity contribution in [1.82, 2.24) is 14.7 Å². The van der Waals surface area contributed by atoms with Crippen LogP contribution in [-0.4, -0.2) is 74.1 Å². The molecule has 1 atom stereocenters. The van der Waals surface area contributed by atoms with E-state index >= 15 is 0 Å². The first-order chi connectivity index (χ1) is 8.78. The van der Waals surface area contributed by atoms with Gasteiger partial charge < -0.3 is 14.7 Å². The Morgan fingerprint density at radius 3 is 2.11 bits per heavy atom. The number of likely N-dealkylation sites (N-methyl/N-ethyl adjacent to an activating group) is 1. The van der Waals surface area contributed by atoms with E-state index in [0.717, 1.165) is 5.92 Å². The van der Waals surface area contributed by atoms with E-state index in [2.05, 4.69) is 28.7 Å². The number of likely N-dealkylation sites (tertiary alicyclic amines) is 1. The van der Waals surface area contributed by atoms with Crippen LogP contribution in [0.15, 0.2) is 0 Å². The van der Waals surface area contributed by atoms with Crippen molar-refractivity contribution < 1.29 is 0 Å². The second-order valence-electron chi connectivity index (χ2n) is 5.51. The number of hydrogen-bond donors (Lipinski definition) is 0. The van der Waals surface area contributed by atoms with Gasteiger partial charge in [-0.3, -0.25) is 0 Å². The molecule has 0 N–H and O–H groups in total. The van der Waals surface area contributed by atoms with Gasteiger partial charge in [-0.25, -0.2) is 0 Å². The summed E-state index contributed by atoms with van der Waals surface area (Å²) in [6.45, 7) is 16.6. The van der Waals surface area contributed by atoms with Crippen molar-refractivity contribution in [2.75, 3.05) is 59.4 Å². The quantitative estimate of drug-likeness (QED) is 0.764. The first-order valence-corrected chi connectivity index (χ1v) is 7.91. The third kappa shape index (κ3) is 5.25. The highest BCUT2D eigenvalue weighted by Gasteiger charge is 2.22. The van der Waals surface area contributed by atoms with Gasteiger partial charge in [0.2, 0.25) is 0 Å². The maximum absolute atomic E-state index is 2.68. The molecule has 3 heteroatoms. The Labute approximate surface area is 114 Å². The maximum atomic E-state index is 2.68. The number of piperazine rings is 1. The van der Waals surface area contributed by atoms with Crippen LogP contribution in [0.5, 0.6) is 0 Å². The molecule has 108 valence electrons. The van der Waals surface area contributed by atoms with Crippen LogP contribution >= 0.6 is 0 Å². The minimum atomic E-state index is 0.923. The monoisotopic (exact) mass is 255 g/mol. The summed E-state index contributed by atoms with van der Waals surface area (Å²) >= 11 is 0. The molecule has 2 saturated heterocycles. The average Bonchev–Trinajstić information content (AvgIpc) is 2.42. The van der Waals surface area contributed by atoms with Gasteiger partial charge in [0.1, 0.15) is 0 Å². The molecule has 0 aromatic heterocycles. The molecule has 0 aromatic rings. The molecular weight excluding hydrogens is 222 g/mol. The van der Waals surface area contributed by atoms with Crippen LogP contribution < -0.4 is 0 Å². The predicted octanol–water partition coefficient (Wildman–Crippen LogP) is 1.99. The topological polar surface area (TPSA) is 9.72 Å². The second kappa shape index (κ2) is 8.89. The van der Waals surface area contributed by atoms with Gasteiger partial charge in [-0.15, -0.1) is 0 Å². The van der Waals surface area contributed by atoms with Crippen LogP contribution in [-0.2, 0) is 0 Å². The van der Waals surface area contributed by atoms with Crippen LogP contribution in [0.2, 0.25) is 0 Å². The number of piperidine rings is 1. The van der Waals surface area contributed by atoms with Crippen molar-refractivity contribution in [2.24, 2.45) is 5.92 Å². The van der Waals surface area contributed by atoms with E-state index in [1.165, 1.54) is 65.2 Å². The molecule has 2 fully saturated rings. The van der Waals surface area contributed by atoms with Crippen LogP contribution in [0.25, 0.3) is 0 Å². The molecular formula is C15H33N3. The average molecular weight is 255 g/mol. The highest BCUT2D eigenvalue weighted by atomic mass is 15.3. The summed E-state index contributed by atoms with van der Waals surface area (Å²) in [7, 11) is 2.27. The van der Waals surface area contributed by atoms with E-state index in [-0.39, 0.29) is 0 Å². The third-order valence-electron chi connectivity index (χ3n) is 4.15. The zero-order valence-electron chi connectivity index (χ0n) is 13.0. The first-order valence-electron chi connectivity index (χ1n) is 7.91. The maximum Gasteiger partial charge on any atom is 0.0110 e. The second-order valence-corrected chi connectivity index (χ2v) is 5.51. The summed E-state index contributed by atoms with van der Waals surface area (Å²) in [5, 5.41) is 0. The summed E-state index contributed by atoms with van der Waals surface area (Å²) in [5.41, 5.74) is 0. The number of hydrogen-bond acceptors (Lipinski definition) is 3. The lowest BCUT2D eigenvalue weighted by Gasteiger charge is -2.38. The van der Waals surface area contributed by atoms with Gasteiger partial charge in [-0.1, -0.05) is 20.8 Å². The highest BCUT2D eigenvalue weighted by molar-refractivity contribution is 4.77. The van der Waals surface area contributed by atoms with Gasteiger partial charge in [-0.05, 0) is 38.9 Å². The lowest BCUT2D eigenvalue weighted by molar-refractivity contribution is 0.0990. The molecule has 0 bridgehead atoms. The van der Waals surface area contributed by atoms with E-state index in [0.29, 0.717) is 0 Å². The zero-order valence-corrected chi connectivity index (χ0v) is 13.0. The normalized spacial score (nSPS) is 27.7. The Balaban J connectivity index is 0.000000771. The lowest BCUT2D eigenvalue weighted by atomic mass is 9.97. The molecule has 0 saturated carbocycles. The molecule has 0 aromatic carbocycles. The molecule has 2 aliphatic heterocycles. The Hall–Kier alpha value is -0.120. The Kier molecular flexibility index (Phi) is 7.87. The predicted molar refractivity (Wildman–Crippen MR) is 80.1 cm³/mol. The molecule has 2 rings (SSSR count). The van der Waals surface area contributed by atoms with Crippen LogP contribution in [0.4, 0.5) is 0 Å². The van der Waals surface area contributed by atoms with Gasteiger partial charge in [0.25, 0.3) is 0 Å². The highest BCUT2D eigenvalue weighted by Crippen LogP contribution is 2.17. The molecule has 3 nitrogen and oxygen atoms in total. The Morgan fingerprint density at radius 2 is 1.56 bits per heavy atom. The molecule has 0 spiro atoms. The zero-order chi connectivity index (χ0) is 13.4. The van der Waals surface area contributed by atoms with Crippen molar-refractivity contribution in [3.05, 3.63) is 0 Å². The summed E-state index contributed by atoms with van der Waals surface area (Å²) in [6.07, 6.45) is 2.84. The van der Waals surface area contributed by atoms with Crippen molar-refractivity contribution in [3.8, 4) is 0 Å². The van der Waals surface area contributed by atoms with E-state index in [9.17, 15) is 0 Å². The van der Waals surface area contributed by atoms with Gasteiger partial charge in [0, 0.05) is 39.3 Å². The van der Waals surface area contributed by atoms with Gasteiger partial charge in [0.05, 0.1) is 0 Å². The molecule has 0 radical (unpaired) electrons. The van der Waals surface area contributed by atoms with Crippen molar-refractivity contribution in [3.63, 3.8) is 0 Å². The fourth-order valence-electron chi connectivity index (χ4n) is 3.08. The Bertz CT molecular complexity index is 200. The van der Waals surface area contributed by atoms with Crippen molar-refractivity contribution in [2.45, 2.75) is 33.6 Å². The van der Waals surface area contributed by atoms with E-state index in [1.807, 2.05) is 13.8 Å². The van der Waals surface area contributed by atoms with E-state index in [4.69, 9.17) is 0 Å². The largest absolute Gasteiger partial charge is 0.306 e. The molecule has 1 unspecified atom stereocenters. The molecule has 2 heterocycles. The molecule has 0 amide bonds. The fraction of sp³-hybridized carbons (Fsp3) is 1.00. The molecule has 0 aliphatic carbocycles. The van der Waals surface area contributed by atoms with Gasteiger partial charge >= 0.3 is 0 Å². The fourth-order valence-corrected chi connectivity index (χ4v) is 3.08. The minimum absolute atomic E-state index is 0.923. The number of rotatable bonds is 3. The molecule has 18 heavy (non-hydrogen) atoms. The van der Waals surface area contributed by atoms with Gasteiger partial charge in [0.15, 0.2) is 0 Å². The van der Waals surface area contributed by atoms with E-state index < -0.39 is 0 Å². The van der Waals surface area contributed by atoms with E-state index in [1.54, 1.807) is 0 Å². The Morgan fingerprint density at radius 1 is 0.944 bits per heavy atom. The lowest BCUT2D eigenvalue weighted by Crippen LogP contribution is -2.49. The summed E-state index contributed by atoms with van der Waals surface area (Å²) in [6, 6.07) is 0. The van der Waals surface area contributed by atoms with Crippen molar-refractivity contribution in [1.29, 1.82) is 0 Å². The molecule has 2 aliphatic rings. The SMILES string of the molecule is CC.CCN1CCN(CC2CCCN(C)C2)CC1. The summed E-state index contributed by atoms with van der Waals surface area (Å²) in [5.74, 6) is 0.923. The van der Waals surface area contributed by atoms with Crippen LogP contribution in [0.1, 0.15) is 33.6 Å². The summed E-state index contributed by atoms with van der Waals surface area (Å²) in [4.78, 5) is 7.73. The number of nitrogens with zero attached hydrogens (tertiary/aromatic N) is 3. The van der Waals surface area contributed by atoms with Gasteiger partial charge in [-0.2, -0.15) is 0 Å². The standard InChI is InChI=1S/C13H27N3.C2H6/c1-3-15-7-9-16(10-8-15)12-13-5-4-6-14(2)11-13;1-2/h13H,3-12H2,1-2H3;1-2H3. The van der Waals surface area contributed by atoms with Crippen LogP contribution in [0, 0.1) is 5.92 Å². The first kappa shape index (κ1) is 15.9. The van der Waals surface area contributed by atoms with Crippen LogP contribution in [0.3, 0.4) is 0 Å².